The molecule has 4 nitrogen and oxygen atoms in total. The Morgan fingerprint density at radius 2 is 2.17 bits per heavy atom. The SMILES string of the molecule is C=C(C)CN(CC)C(=O)c1cc(OC)ccc1N. The molecule has 1 rings (SSSR count). The largest absolute Gasteiger partial charge is 0.497 e. The first-order valence-corrected chi connectivity index (χ1v) is 5.86. The maximum absolute atomic E-state index is 12.3. The monoisotopic (exact) mass is 248 g/mol. The van der Waals surface area contributed by atoms with E-state index in [1.807, 2.05) is 13.8 Å². The lowest BCUT2D eigenvalue weighted by Crippen LogP contribution is -2.32. The number of carbonyl (C=O) groups excluding carboxylic acids is 1. The Morgan fingerprint density at radius 1 is 1.50 bits per heavy atom. The molecule has 0 atom stereocenters. The minimum atomic E-state index is -0.100. The van der Waals surface area contributed by atoms with Gasteiger partial charge in [0.25, 0.3) is 5.91 Å². The van der Waals surface area contributed by atoms with Gasteiger partial charge in [0, 0.05) is 18.8 Å². The molecule has 4 heteroatoms. The molecular formula is C14H20N2O2. The highest BCUT2D eigenvalue weighted by atomic mass is 16.5. The van der Waals surface area contributed by atoms with Crippen molar-refractivity contribution in [1.82, 2.24) is 4.90 Å². The van der Waals surface area contributed by atoms with E-state index in [2.05, 4.69) is 6.58 Å². The minimum Gasteiger partial charge on any atom is -0.497 e. The van der Waals surface area contributed by atoms with Gasteiger partial charge in [-0.15, -0.1) is 0 Å². The third-order valence-electron chi connectivity index (χ3n) is 2.62. The Balaban J connectivity index is 3.04. The van der Waals surface area contributed by atoms with Gasteiger partial charge in [0.1, 0.15) is 5.75 Å². The van der Waals surface area contributed by atoms with Crippen molar-refractivity contribution in [3.63, 3.8) is 0 Å². The molecule has 0 saturated carbocycles. The summed E-state index contributed by atoms with van der Waals surface area (Å²) < 4.78 is 5.11. The summed E-state index contributed by atoms with van der Waals surface area (Å²) in [4.78, 5) is 14.1. The van der Waals surface area contributed by atoms with Gasteiger partial charge in [0.15, 0.2) is 0 Å². The van der Waals surface area contributed by atoms with E-state index in [0.717, 1.165) is 5.57 Å². The van der Waals surface area contributed by atoms with Crippen LogP contribution in [0.3, 0.4) is 0 Å². The van der Waals surface area contributed by atoms with E-state index in [0.29, 0.717) is 30.1 Å². The number of ether oxygens (including phenoxy) is 1. The summed E-state index contributed by atoms with van der Waals surface area (Å²) >= 11 is 0. The van der Waals surface area contributed by atoms with Crippen LogP contribution < -0.4 is 10.5 Å². The van der Waals surface area contributed by atoms with Crippen LogP contribution in [0.1, 0.15) is 24.2 Å². The fourth-order valence-corrected chi connectivity index (χ4v) is 1.67. The number of methoxy groups -OCH3 is 1. The first kappa shape index (κ1) is 14.1. The molecule has 0 heterocycles. The van der Waals surface area contributed by atoms with E-state index >= 15 is 0 Å². The molecule has 0 spiro atoms. The number of nitrogen functional groups attached to an aromatic ring is 1. The molecule has 0 bridgehead atoms. The first-order valence-electron chi connectivity index (χ1n) is 5.86. The second kappa shape index (κ2) is 6.10. The number of rotatable bonds is 5. The summed E-state index contributed by atoms with van der Waals surface area (Å²) in [6, 6.07) is 5.08. The number of hydrogen-bond acceptors (Lipinski definition) is 3. The molecule has 0 aliphatic carbocycles. The zero-order valence-corrected chi connectivity index (χ0v) is 11.2. The van der Waals surface area contributed by atoms with Crippen molar-refractivity contribution in [3.05, 3.63) is 35.9 Å². The number of likely N-dealkylation sites (N-methyl/N-ethyl adjacent to an activating group) is 1. The van der Waals surface area contributed by atoms with E-state index in [-0.39, 0.29) is 5.91 Å². The molecule has 0 fully saturated rings. The molecule has 1 amide bonds. The Morgan fingerprint density at radius 3 is 2.67 bits per heavy atom. The third-order valence-corrected chi connectivity index (χ3v) is 2.62. The van der Waals surface area contributed by atoms with Crippen LogP contribution in [0.5, 0.6) is 5.75 Å². The number of anilines is 1. The number of amides is 1. The van der Waals surface area contributed by atoms with Gasteiger partial charge in [-0.2, -0.15) is 0 Å². The van der Waals surface area contributed by atoms with Crippen LogP contribution in [0, 0.1) is 0 Å². The van der Waals surface area contributed by atoms with Gasteiger partial charge in [0.2, 0.25) is 0 Å². The summed E-state index contributed by atoms with van der Waals surface area (Å²) in [5.74, 6) is 0.524. The number of nitrogens with zero attached hydrogens (tertiary/aromatic N) is 1. The molecule has 18 heavy (non-hydrogen) atoms. The van der Waals surface area contributed by atoms with Crippen molar-refractivity contribution in [2.24, 2.45) is 0 Å². The van der Waals surface area contributed by atoms with Crippen molar-refractivity contribution in [2.75, 3.05) is 25.9 Å². The van der Waals surface area contributed by atoms with Crippen LogP contribution in [0.2, 0.25) is 0 Å². The normalized spacial score (nSPS) is 9.94. The minimum absolute atomic E-state index is 0.100. The Kier molecular flexibility index (Phi) is 4.77. The molecule has 1 aromatic carbocycles. The van der Waals surface area contributed by atoms with Crippen molar-refractivity contribution >= 4 is 11.6 Å². The predicted octanol–water partition coefficient (Wildman–Crippen LogP) is 2.32. The average molecular weight is 248 g/mol. The zero-order chi connectivity index (χ0) is 13.7. The standard InChI is InChI=1S/C14H20N2O2/c1-5-16(9-10(2)3)14(17)12-8-11(18-4)6-7-13(12)15/h6-8H,2,5,9,15H2,1,3-4H3. The molecule has 98 valence electrons. The number of nitrogens with two attached hydrogens (primary N) is 1. The van der Waals surface area contributed by atoms with Crippen LogP contribution in [0.4, 0.5) is 5.69 Å². The molecule has 0 saturated heterocycles. The third kappa shape index (κ3) is 3.26. The summed E-state index contributed by atoms with van der Waals surface area (Å²) in [5.41, 5.74) is 7.71. The van der Waals surface area contributed by atoms with Gasteiger partial charge >= 0.3 is 0 Å². The molecule has 0 unspecified atom stereocenters. The van der Waals surface area contributed by atoms with Crippen LogP contribution in [0.15, 0.2) is 30.4 Å². The van der Waals surface area contributed by atoms with Crippen molar-refractivity contribution < 1.29 is 9.53 Å². The molecular weight excluding hydrogens is 228 g/mol. The van der Waals surface area contributed by atoms with Crippen molar-refractivity contribution in [3.8, 4) is 5.75 Å². The Hall–Kier alpha value is -1.97. The van der Waals surface area contributed by atoms with Gasteiger partial charge in [-0.05, 0) is 32.0 Å². The summed E-state index contributed by atoms with van der Waals surface area (Å²) in [5, 5.41) is 0. The zero-order valence-electron chi connectivity index (χ0n) is 11.2. The Bertz CT molecular complexity index is 455. The maximum atomic E-state index is 12.3. The molecule has 0 aliphatic rings. The van der Waals surface area contributed by atoms with E-state index in [9.17, 15) is 4.79 Å². The van der Waals surface area contributed by atoms with Crippen LogP contribution in [0.25, 0.3) is 0 Å². The lowest BCUT2D eigenvalue weighted by atomic mass is 10.1. The van der Waals surface area contributed by atoms with Crippen molar-refractivity contribution in [2.45, 2.75) is 13.8 Å². The Labute approximate surface area is 108 Å². The van der Waals surface area contributed by atoms with E-state index in [4.69, 9.17) is 10.5 Å². The van der Waals surface area contributed by atoms with Gasteiger partial charge in [-0.1, -0.05) is 12.2 Å². The van der Waals surface area contributed by atoms with E-state index in [1.165, 1.54) is 0 Å². The molecule has 0 aromatic heterocycles. The van der Waals surface area contributed by atoms with Gasteiger partial charge in [0.05, 0.1) is 12.7 Å². The molecule has 0 aliphatic heterocycles. The predicted molar refractivity (Wildman–Crippen MR) is 73.8 cm³/mol. The fraction of sp³-hybridized carbons (Fsp3) is 0.357. The molecule has 1 aromatic rings. The lowest BCUT2D eigenvalue weighted by molar-refractivity contribution is 0.0779. The highest BCUT2D eigenvalue weighted by Crippen LogP contribution is 2.21. The van der Waals surface area contributed by atoms with Gasteiger partial charge < -0.3 is 15.4 Å². The first-order chi connectivity index (χ1) is 8.49. The summed E-state index contributed by atoms with van der Waals surface area (Å²) in [7, 11) is 1.56. The summed E-state index contributed by atoms with van der Waals surface area (Å²) in [6.07, 6.45) is 0. The smallest absolute Gasteiger partial charge is 0.256 e. The number of benzene rings is 1. The maximum Gasteiger partial charge on any atom is 0.256 e. The number of carbonyl (C=O) groups is 1. The topological polar surface area (TPSA) is 55.6 Å². The average Bonchev–Trinajstić information content (AvgIpc) is 2.35. The van der Waals surface area contributed by atoms with Gasteiger partial charge in [-0.25, -0.2) is 0 Å². The summed E-state index contributed by atoms with van der Waals surface area (Å²) in [6.45, 7) is 8.79. The number of hydrogen-bond donors (Lipinski definition) is 1. The van der Waals surface area contributed by atoms with Crippen LogP contribution >= 0.6 is 0 Å². The van der Waals surface area contributed by atoms with Crippen LogP contribution in [-0.2, 0) is 0 Å². The second-order valence-corrected chi connectivity index (χ2v) is 4.23. The molecule has 2 N–H and O–H groups in total. The second-order valence-electron chi connectivity index (χ2n) is 4.23. The van der Waals surface area contributed by atoms with Crippen LogP contribution in [-0.4, -0.2) is 31.0 Å². The lowest BCUT2D eigenvalue weighted by Gasteiger charge is -2.22. The quantitative estimate of drug-likeness (QED) is 0.642. The van der Waals surface area contributed by atoms with E-state index in [1.54, 1.807) is 30.2 Å². The van der Waals surface area contributed by atoms with Gasteiger partial charge in [-0.3, -0.25) is 4.79 Å². The van der Waals surface area contributed by atoms with E-state index < -0.39 is 0 Å². The van der Waals surface area contributed by atoms with Crippen molar-refractivity contribution in [1.29, 1.82) is 0 Å². The fourth-order valence-electron chi connectivity index (χ4n) is 1.67. The molecule has 0 radical (unpaired) electrons. The highest BCUT2D eigenvalue weighted by Gasteiger charge is 2.17. The highest BCUT2D eigenvalue weighted by molar-refractivity contribution is 5.99.